The highest BCUT2D eigenvalue weighted by Crippen LogP contribution is 2.10. The quantitative estimate of drug-likeness (QED) is 0.766. The largest absolute Gasteiger partial charge is 0.366 e. The van der Waals surface area contributed by atoms with Crippen LogP contribution in [0.2, 0.25) is 0 Å². The van der Waals surface area contributed by atoms with Gasteiger partial charge in [0.15, 0.2) is 0 Å². The molecule has 0 saturated carbocycles. The van der Waals surface area contributed by atoms with Crippen molar-refractivity contribution in [2.45, 2.75) is 32.2 Å². The van der Waals surface area contributed by atoms with Crippen molar-refractivity contribution in [3.63, 3.8) is 0 Å². The van der Waals surface area contributed by atoms with Gasteiger partial charge in [0.25, 0.3) is 0 Å². The molecule has 1 saturated heterocycles. The fourth-order valence-corrected chi connectivity index (χ4v) is 1.89. The van der Waals surface area contributed by atoms with Crippen LogP contribution >= 0.6 is 0 Å². The van der Waals surface area contributed by atoms with E-state index in [1.54, 1.807) is 6.20 Å². The Kier molecular flexibility index (Phi) is 3.50. The lowest BCUT2D eigenvalue weighted by Gasteiger charge is -2.16. The lowest BCUT2D eigenvalue weighted by molar-refractivity contribution is 0.633. The summed E-state index contributed by atoms with van der Waals surface area (Å²) in [5.74, 6) is 1.76. The first-order valence-corrected chi connectivity index (χ1v) is 5.61. The monoisotopic (exact) mass is 206 g/mol. The lowest BCUT2D eigenvalue weighted by atomic mass is 10.1. The first-order chi connectivity index (χ1) is 7.34. The molecule has 1 aliphatic heterocycles. The third kappa shape index (κ3) is 3.16. The zero-order chi connectivity index (χ0) is 10.5. The maximum Gasteiger partial charge on any atom is 0.129 e. The molecule has 4 nitrogen and oxygen atoms in total. The van der Waals surface area contributed by atoms with Crippen LogP contribution in [0.25, 0.3) is 0 Å². The Hall–Kier alpha value is -1.16. The van der Waals surface area contributed by atoms with E-state index >= 15 is 0 Å². The van der Waals surface area contributed by atoms with Crippen molar-refractivity contribution in [1.29, 1.82) is 0 Å². The molecule has 1 aromatic rings. The molecule has 1 fully saturated rings. The van der Waals surface area contributed by atoms with Gasteiger partial charge in [-0.25, -0.2) is 9.97 Å². The van der Waals surface area contributed by atoms with Crippen LogP contribution < -0.4 is 10.6 Å². The predicted molar refractivity (Wildman–Crippen MR) is 60.9 cm³/mol. The second-order valence-electron chi connectivity index (χ2n) is 4.03. The standard InChI is InChI=1S/C11H18N4/c1-9-13-7-5-11(14-9)15-10-4-2-3-6-12-8-10/h5,7,10,12H,2-4,6,8H2,1H3,(H,13,14,15). The number of rotatable bonds is 2. The SMILES string of the molecule is Cc1nccc(NC2CCCCNC2)n1. The van der Waals surface area contributed by atoms with Crippen LogP contribution in [0.1, 0.15) is 25.1 Å². The van der Waals surface area contributed by atoms with E-state index in [0.29, 0.717) is 6.04 Å². The van der Waals surface area contributed by atoms with Crippen LogP contribution in [-0.4, -0.2) is 29.1 Å². The molecule has 0 bridgehead atoms. The molecule has 2 heterocycles. The average molecular weight is 206 g/mol. The van der Waals surface area contributed by atoms with Gasteiger partial charge in [0.2, 0.25) is 0 Å². The number of aromatic nitrogens is 2. The zero-order valence-electron chi connectivity index (χ0n) is 9.16. The van der Waals surface area contributed by atoms with Crippen LogP contribution in [0.15, 0.2) is 12.3 Å². The van der Waals surface area contributed by atoms with E-state index in [4.69, 9.17) is 0 Å². The molecule has 1 unspecified atom stereocenters. The van der Waals surface area contributed by atoms with E-state index in [1.165, 1.54) is 19.3 Å². The van der Waals surface area contributed by atoms with E-state index in [2.05, 4.69) is 20.6 Å². The van der Waals surface area contributed by atoms with Gasteiger partial charge in [-0.05, 0) is 32.4 Å². The van der Waals surface area contributed by atoms with E-state index in [0.717, 1.165) is 24.7 Å². The molecule has 1 aliphatic rings. The molecule has 2 rings (SSSR count). The zero-order valence-corrected chi connectivity index (χ0v) is 9.16. The van der Waals surface area contributed by atoms with Gasteiger partial charge in [0.05, 0.1) is 0 Å². The summed E-state index contributed by atoms with van der Waals surface area (Å²) < 4.78 is 0. The minimum absolute atomic E-state index is 0.502. The van der Waals surface area contributed by atoms with E-state index in [9.17, 15) is 0 Å². The predicted octanol–water partition coefficient (Wildman–Crippen LogP) is 1.34. The first-order valence-electron chi connectivity index (χ1n) is 5.61. The second-order valence-corrected chi connectivity index (χ2v) is 4.03. The summed E-state index contributed by atoms with van der Waals surface area (Å²) in [6, 6.07) is 2.43. The Morgan fingerprint density at radius 1 is 1.47 bits per heavy atom. The van der Waals surface area contributed by atoms with Crippen molar-refractivity contribution < 1.29 is 0 Å². The van der Waals surface area contributed by atoms with Crippen LogP contribution in [0, 0.1) is 6.92 Å². The highest BCUT2D eigenvalue weighted by Gasteiger charge is 2.11. The van der Waals surface area contributed by atoms with Crippen molar-refractivity contribution >= 4 is 5.82 Å². The van der Waals surface area contributed by atoms with Gasteiger partial charge in [-0.15, -0.1) is 0 Å². The van der Waals surface area contributed by atoms with Crippen molar-refractivity contribution in [2.24, 2.45) is 0 Å². The summed E-state index contributed by atoms with van der Waals surface area (Å²) in [5, 5.41) is 6.87. The number of aryl methyl sites for hydroxylation is 1. The Bertz CT molecular complexity index is 305. The van der Waals surface area contributed by atoms with Crippen molar-refractivity contribution in [3.05, 3.63) is 18.1 Å². The molecule has 2 N–H and O–H groups in total. The van der Waals surface area contributed by atoms with Gasteiger partial charge in [0.1, 0.15) is 11.6 Å². The van der Waals surface area contributed by atoms with E-state index < -0.39 is 0 Å². The molecule has 0 spiro atoms. The molecule has 0 radical (unpaired) electrons. The van der Waals surface area contributed by atoms with Gasteiger partial charge in [-0.3, -0.25) is 0 Å². The average Bonchev–Trinajstić information content (AvgIpc) is 2.46. The summed E-state index contributed by atoms with van der Waals surface area (Å²) in [6.45, 7) is 4.08. The van der Waals surface area contributed by atoms with Crippen LogP contribution in [0.5, 0.6) is 0 Å². The molecular weight excluding hydrogens is 188 g/mol. The third-order valence-electron chi connectivity index (χ3n) is 2.67. The first kappa shape index (κ1) is 10.4. The molecule has 0 aromatic carbocycles. The maximum atomic E-state index is 4.35. The van der Waals surface area contributed by atoms with Crippen LogP contribution in [-0.2, 0) is 0 Å². The van der Waals surface area contributed by atoms with Crippen molar-refractivity contribution in [2.75, 3.05) is 18.4 Å². The fraction of sp³-hybridized carbons (Fsp3) is 0.636. The minimum atomic E-state index is 0.502. The van der Waals surface area contributed by atoms with Crippen molar-refractivity contribution in [1.82, 2.24) is 15.3 Å². The highest BCUT2D eigenvalue weighted by atomic mass is 15.1. The second kappa shape index (κ2) is 5.07. The highest BCUT2D eigenvalue weighted by molar-refractivity contribution is 5.34. The number of hydrogen-bond acceptors (Lipinski definition) is 4. The summed E-state index contributed by atoms with van der Waals surface area (Å²) in [7, 11) is 0. The molecule has 1 atom stereocenters. The number of hydrogen-bond donors (Lipinski definition) is 2. The van der Waals surface area contributed by atoms with E-state index in [1.807, 2.05) is 13.0 Å². The Labute approximate surface area is 90.5 Å². The Morgan fingerprint density at radius 2 is 2.40 bits per heavy atom. The molecule has 0 amide bonds. The maximum absolute atomic E-state index is 4.35. The van der Waals surface area contributed by atoms with Gasteiger partial charge >= 0.3 is 0 Å². The summed E-state index contributed by atoms with van der Waals surface area (Å²) >= 11 is 0. The third-order valence-corrected chi connectivity index (χ3v) is 2.67. The molecule has 4 heteroatoms. The smallest absolute Gasteiger partial charge is 0.129 e. The molecule has 0 aliphatic carbocycles. The molecular formula is C11H18N4. The van der Waals surface area contributed by atoms with Crippen LogP contribution in [0.3, 0.4) is 0 Å². The van der Waals surface area contributed by atoms with Gasteiger partial charge in [0, 0.05) is 18.8 Å². The Morgan fingerprint density at radius 3 is 3.27 bits per heavy atom. The molecule has 1 aromatic heterocycles. The number of anilines is 1. The number of nitrogens with one attached hydrogen (secondary N) is 2. The lowest BCUT2D eigenvalue weighted by Crippen LogP contribution is -2.31. The Balaban J connectivity index is 1.95. The van der Waals surface area contributed by atoms with E-state index in [-0.39, 0.29) is 0 Å². The normalized spacial score (nSPS) is 22.1. The number of nitrogens with zero attached hydrogens (tertiary/aromatic N) is 2. The fourth-order valence-electron chi connectivity index (χ4n) is 1.89. The summed E-state index contributed by atoms with van der Waals surface area (Å²) in [5.41, 5.74) is 0. The molecule has 15 heavy (non-hydrogen) atoms. The van der Waals surface area contributed by atoms with Crippen LogP contribution in [0.4, 0.5) is 5.82 Å². The van der Waals surface area contributed by atoms with Gasteiger partial charge < -0.3 is 10.6 Å². The molecule has 82 valence electrons. The topological polar surface area (TPSA) is 49.8 Å². The summed E-state index contributed by atoms with van der Waals surface area (Å²) in [6.07, 6.45) is 5.58. The minimum Gasteiger partial charge on any atom is -0.366 e. The van der Waals surface area contributed by atoms with Crippen molar-refractivity contribution in [3.8, 4) is 0 Å². The van der Waals surface area contributed by atoms with Gasteiger partial charge in [-0.2, -0.15) is 0 Å². The van der Waals surface area contributed by atoms with Gasteiger partial charge in [-0.1, -0.05) is 6.42 Å². The summed E-state index contributed by atoms with van der Waals surface area (Å²) in [4.78, 5) is 8.43.